The molecule has 0 aliphatic carbocycles. The molecule has 6 heteroatoms. The van der Waals surface area contributed by atoms with Gasteiger partial charge in [-0.15, -0.1) is 10.2 Å². The second-order valence-corrected chi connectivity index (χ2v) is 4.48. The number of carbonyl (C=O) groups excluding carboxylic acids is 1. The minimum atomic E-state index is -0.212. The first-order chi connectivity index (χ1) is 7.27. The van der Waals surface area contributed by atoms with Gasteiger partial charge in [0.25, 0.3) is 0 Å². The Morgan fingerprint density at radius 3 is 2.93 bits per heavy atom. The monoisotopic (exact) mass is 226 g/mol. The van der Waals surface area contributed by atoms with E-state index in [2.05, 4.69) is 15.5 Å². The van der Waals surface area contributed by atoms with Crippen molar-refractivity contribution in [1.82, 2.24) is 15.1 Å². The highest BCUT2D eigenvalue weighted by molar-refractivity contribution is 7.13. The van der Waals surface area contributed by atoms with E-state index < -0.39 is 0 Å². The third-order valence-electron chi connectivity index (χ3n) is 2.49. The van der Waals surface area contributed by atoms with E-state index in [1.807, 2.05) is 11.8 Å². The lowest BCUT2D eigenvalue weighted by atomic mass is 10.3. The van der Waals surface area contributed by atoms with Crippen molar-refractivity contribution in [2.75, 3.05) is 18.4 Å². The third kappa shape index (κ3) is 2.44. The van der Waals surface area contributed by atoms with Gasteiger partial charge in [0.15, 0.2) is 0 Å². The molecule has 0 saturated carbocycles. The Morgan fingerprint density at radius 1 is 1.60 bits per heavy atom. The summed E-state index contributed by atoms with van der Waals surface area (Å²) in [6.45, 7) is 3.64. The largest absolute Gasteiger partial charge is 0.349 e. The Kier molecular flexibility index (Phi) is 3.15. The molecule has 82 valence electrons. The predicted octanol–water partition coefficient (Wildman–Crippen LogP) is 0.961. The molecule has 0 aromatic carbocycles. The van der Waals surface area contributed by atoms with Gasteiger partial charge in [-0.3, -0.25) is 4.79 Å². The molecular weight excluding hydrogens is 212 g/mol. The highest BCUT2D eigenvalue weighted by Crippen LogP contribution is 2.13. The molecule has 5 nitrogen and oxygen atoms in total. The van der Waals surface area contributed by atoms with Crippen LogP contribution < -0.4 is 5.32 Å². The first-order valence-corrected chi connectivity index (χ1v) is 5.97. The SMILES string of the molecule is CC(Nc1nncs1)C(=O)N1CCCC1. The summed E-state index contributed by atoms with van der Waals surface area (Å²) < 4.78 is 0. The summed E-state index contributed by atoms with van der Waals surface area (Å²) in [6, 6.07) is -0.212. The summed E-state index contributed by atoms with van der Waals surface area (Å²) in [5.41, 5.74) is 1.65. The van der Waals surface area contributed by atoms with Crippen LogP contribution in [-0.2, 0) is 4.79 Å². The summed E-state index contributed by atoms with van der Waals surface area (Å²) >= 11 is 1.41. The van der Waals surface area contributed by atoms with Gasteiger partial charge >= 0.3 is 0 Å². The van der Waals surface area contributed by atoms with Crippen molar-refractivity contribution in [2.24, 2.45) is 0 Å². The molecule has 1 saturated heterocycles. The Balaban J connectivity index is 1.89. The van der Waals surface area contributed by atoms with Gasteiger partial charge in [0.05, 0.1) is 0 Å². The van der Waals surface area contributed by atoms with Crippen molar-refractivity contribution >= 4 is 22.4 Å². The van der Waals surface area contributed by atoms with Gasteiger partial charge in [0.2, 0.25) is 11.0 Å². The van der Waals surface area contributed by atoms with Gasteiger partial charge in [-0.2, -0.15) is 0 Å². The van der Waals surface area contributed by atoms with Crippen LogP contribution in [0.4, 0.5) is 5.13 Å². The summed E-state index contributed by atoms with van der Waals surface area (Å²) in [7, 11) is 0. The van der Waals surface area contributed by atoms with Crippen molar-refractivity contribution in [3.05, 3.63) is 5.51 Å². The summed E-state index contributed by atoms with van der Waals surface area (Å²) in [6.07, 6.45) is 2.24. The number of likely N-dealkylation sites (tertiary alicyclic amines) is 1. The van der Waals surface area contributed by atoms with Crippen LogP contribution in [0.25, 0.3) is 0 Å². The van der Waals surface area contributed by atoms with Gasteiger partial charge in [0, 0.05) is 13.1 Å². The summed E-state index contributed by atoms with van der Waals surface area (Å²) in [5.74, 6) is 0.155. The van der Waals surface area contributed by atoms with E-state index in [0.29, 0.717) is 5.13 Å². The number of carbonyl (C=O) groups is 1. The maximum Gasteiger partial charge on any atom is 0.244 e. The highest BCUT2D eigenvalue weighted by Gasteiger charge is 2.23. The molecule has 1 atom stereocenters. The molecular formula is C9H14N4OS. The Hall–Kier alpha value is -1.17. The fourth-order valence-corrected chi connectivity index (χ4v) is 2.23. The van der Waals surface area contributed by atoms with Crippen molar-refractivity contribution in [3.63, 3.8) is 0 Å². The summed E-state index contributed by atoms with van der Waals surface area (Å²) in [4.78, 5) is 13.8. The molecule has 0 spiro atoms. The second-order valence-electron chi connectivity index (χ2n) is 3.64. The first-order valence-electron chi connectivity index (χ1n) is 5.09. The van der Waals surface area contributed by atoms with Crippen LogP contribution in [0.3, 0.4) is 0 Å². The normalized spacial score (nSPS) is 17.8. The van der Waals surface area contributed by atoms with E-state index in [1.54, 1.807) is 5.51 Å². The Labute approximate surface area is 92.5 Å². The van der Waals surface area contributed by atoms with Crippen LogP contribution in [0, 0.1) is 0 Å². The third-order valence-corrected chi connectivity index (χ3v) is 3.11. The number of aromatic nitrogens is 2. The second kappa shape index (κ2) is 4.57. The first kappa shape index (κ1) is 10.4. The molecule has 1 amide bonds. The molecule has 1 aromatic rings. The lowest BCUT2D eigenvalue weighted by molar-refractivity contribution is -0.130. The maximum atomic E-state index is 11.9. The molecule has 1 unspecified atom stereocenters. The molecule has 0 bridgehead atoms. The number of hydrogen-bond donors (Lipinski definition) is 1. The van der Waals surface area contributed by atoms with Gasteiger partial charge in [-0.25, -0.2) is 0 Å². The molecule has 1 aromatic heterocycles. The zero-order chi connectivity index (χ0) is 10.7. The van der Waals surface area contributed by atoms with Crippen LogP contribution >= 0.6 is 11.3 Å². The van der Waals surface area contributed by atoms with Crippen LogP contribution in [0.2, 0.25) is 0 Å². The standard InChI is InChI=1S/C9H14N4OS/c1-7(11-9-12-10-6-15-9)8(14)13-4-2-3-5-13/h6-7H,2-5H2,1H3,(H,11,12). The minimum Gasteiger partial charge on any atom is -0.349 e. The number of nitrogens with one attached hydrogen (secondary N) is 1. The maximum absolute atomic E-state index is 11.9. The molecule has 1 aliphatic rings. The quantitative estimate of drug-likeness (QED) is 0.834. The van der Waals surface area contributed by atoms with Gasteiger partial charge in [-0.05, 0) is 19.8 Å². The Bertz CT molecular complexity index is 321. The van der Waals surface area contributed by atoms with E-state index in [0.717, 1.165) is 25.9 Å². The average Bonchev–Trinajstić information content (AvgIpc) is 2.88. The average molecular weight is 226 g/mol. The summed E-state index contributed by atoms with van der Waals surface area (Å²) in [5, 5.41) is 11.3. The van der Waals surface area contributed by atoms with Gasteiger partial charge in [0.1, 0.15) is 11.6 Å². The number of anilines is 1. The lowest BCUT2D eigenvalue weighted by Crippen LogP contribution is -2.39. The van der Waals surface area contributed by atoms with Gasteiger partial charge < -0.3 is 10.2 Å². The zero-order valence-corrected chi connectivity index (χ0v) is 9.46. The highest BCUT2D eigenvalue weighted by atomic mass is 32.1. The van der Waals surface area contributed by atoms with Crippen LogP contribution in [0.15, 0.2) is 5.51 Å². The van der Waals surface area contributed by atoms with Crippen molar-refractivity contribution in [3.8, 4) is 0 Å². The number of nitrogens with zero attached hydrogens (tertiary/aromatic N) is 3. The molecule has 1 N–H and O–H groups in total. The molecule has 2 rings (SSSR count). The van der Waals surface area contributed by atoms with E-state index >= 15 is 0 Å². The Morgan fingerprint density at radius 2 is 2.33 bits per heavy atom. The van der Waals surface area contributed by atoms with Crippen molar-refractivity contribution in [2.45, 2.75) is 25.8 Å². The molecule has 1 aliphatic heterocycles. The lowest BCUT2D eigenvalue weighted by Gasteiger charge is -2.20. The number of amides is 1. The molecule has 1 fully saturated rings. The minimum absolute atomic E-state index is 0.155. The fraction of sp³-hybridized carbons (Fsp3) is 0.667. The molecule has 2 heterocycles. The van der Waals surface area contributed by atoms with Crippen molar-refractivity contribution < 1.29 is 4.79 Å². The fourth-order valence-electron chi connectivity index (χ4n) is 1.69. The number of hydrogen-bond acceptors (Lipinski definition) is 5. The van der Waals surface area contributed by atoms with Crippen LogP contribution in [-0.4, -0.2) is 40.1 Å². The van der Waals surface area contributed by atoms with Crippen LogP contribution in [0.5, 0.6) is 0 Å². The van der Waals surface area contributed by atoms with E-state index in [-0.39, 0.29) is 11.9 Å². The smallest absolute Gasteiger partial charge is 0.244 e. The molecule has 15 heavy (non-hydrogen) atoms. The van der Waals surface area contributed by atoms with Crippen LogP contribution in [0.1, 0.15) is 19.8 Å². The van der Waals surface area contributed by atoms with E-state index in [4.69, 9.17) is 0 Å². The van der Waals surface area contributed by atoms with Crippen molar-refractivity contribution in [1.29, 1.82) is 0 Å². The van der Waals surface area contributed by atoms with E-state index in [9.17, 15) is 4.79 Å². The number of rotatable bonds is 3. The molecule has 0 radical (unpaired) electrons. The predicted molar refractivity (Wildman–Crippen MR) is 58.8 cm³/mol. The van der Waals surface area contributed by atoms with E-state index in [1.165, 1.54) is 11.3 Å². The topological polar surface area (TPSA) is 58.1 Å². The van der Waals surface area contributed by atoms with Gasteiger partial charge in [-0.1, -0.05) is 11.3 Å². The zero-order valence-electron chi connectivity index (χ0n) is 8.64.